The van der Waals surface area contributed by atoms with Gasteiger partial charge in [-0.2, -0.15) is 24.9 Å². The van der Waals surface area contributed by atoms with Gasteiger partial charge in [0.05, 0.1) is 36.1 Å². The summed E-state index contributed by atoms with van der Waals surface area (Å²) >= 11 is 2.50. The third kappa shape index (κ3) is 9.02. The SMILES string of the molecule is O=C(O)N(CCSCCCCCCN1CCC2(CC1)CN(C(=O)C(F)(F)F)CCO2)CC(O)c1ccc(O)c2[nH]c(=O)sc12. The van der Waals surface area contributed by atoms with Crippen LogP contribution >= 0.6 is 23.1 Å². The summed E-state index contributed by atoms with van der Waals surface area (Å²) in [7, 11) is 0. The Morgan fingerprint density at radius 1 is 1.14 bits per heavy atom. The Balaban J connectivity index is 1.07. The topological polar surface area (TPSA) is 147 Å². The summed E-state index contributed by atoms with van der Waals surface area (Å²) in [5.74, 6) is -0.450. The number of carbonyl (C=O) groups excluding carboxylic acids is 1. The normalized spacial score (nSPS) is 18.1. The number of fused-ring (bicyclic) bond motifs is 1. The zero-order valence-electron chi connectivity index (χ0n) is 24.3. The third-order valence-corrected chi connectivity index (χ3v) is 10.2. The smallest absolute Gasteiger partial charge is 0.471 e. The number of hydrogen-bond donors (Lipinski definition) is 4. The molecule has 2 aliphatic heterocycles. The van der Waals surface area contributed by atoms with Crippen molar-refractivity contribution in [1.82, 2.24) is 19.7 Å². The number of likely N-dealkylation sites (tertiary alicyclic amines) is 1. The Morgan fingerprint density at radius 3 is 2.57 bits per heavy atom. The summed E-state index contributed by atoms with van der Waals surface area (Å²) in [6.45, 7) is 2.51. The first-order chi connectivity index (χ1) is 20.9. The number of aliphatic hydroxyl groups excluding tert-OH is 1. The van der Waals surface area contributed by atoms with Crippen LogP contribution in [0.15, 0.2) is 16.9 Å². The number of H-pyrrole nitrogens is 1. The van der Waals surface area contributed by atoms with Gasteiger partial charge in [-0.25, -0.2) is 4.79 Å². The van der Waals surface area contributed by atoms with Gasteiger partial charge in [0.2, 0.25) is 0 Å². The van der Waals surface area contributed by atoms with E-state index in [0.29, 0.717) is 28.9 Å². The van der Waals surface area contributed by atoms with E-state index in [4.69, 9.17) is 4.74 Å². The molecular weight excluding hydrogens is 625 g/mol. The van der Waals surface area contributed by atoms with Crippen LogP contribution in [-0.2, 0) is 9.53 Å². The molecule has 1 aromatic carbocycles. The van der Waals surface area contributed by atoms with Crippen molar-refractivity contribution in [3.8, 4) is 5.75 Å². The number of hydrogen-bond acceptors (Lipinski definition) is 9. The molecule has 2 aromatic rings. The van der Waals surface area contributed by atoms with Crippen LogP contribution in [0.3, 0.4) is 0 Å². The molecule has 44 heavy (non-hydrogen) atoms. The molecule has 0 saturated carbocycles. The number of morpholine rings is 1. The molecule has 0 bridgehead atoms. The van der Waals surface area contributed by atoms with Crippen molar-refractivity contribution in [2.24, 2.45) is 0 Å². The van der Waals surface area contributed by atoms with E-state index in [1.54, 1.807) is 11.8 Å². The minimum atomic E-state index is -4.86. The molecule has 1 spiro atoms. The maximum absolute atomic E-state index is 12.9. The highest BCUT2D eigenvalue weighted by Gasteiger charge is 2.48. The minimum absolute atomic E-state index is 0.0130. The van der Waals surface area contributed by atoms with Crippen LogP contribution in [0, 0.1) is 0 Å². The van der Waals surface area contributed by atoms with Crippen LogP contribution in [0.2, 0.25) is 0 Å². The highest BCUT2D eigenvalue weighted by Crippen LogP contribution is 2.33. The fourth-order valence-electron chi connectivity index (χ4n) is 5.73. The number of amides is 2. The Morgan fingerprint density at radius 2 is 1.86 bits per heavy atom. The second-order valence-corrected chi connectivity index (χ2v) is 13.5. The second-order valence-electron chi connectivity index (χ2n) is 11.3. The van der Waals surface area contributed by atoms with Crippen molar-refractivity contribution in [3.63, 3.8) is 0 Å². The molecule has 1 aromatic heterocycles. The Kier molecular flexibility index (Phi) is 11.8. The number of nitrogens with zero attached hydrogens (tertiary/aromatic N) is 3. The van der Waals surface area contributed by atoms with E-state index in [1.165, 1.54) is 12.1 Å². The van der Waals surface area contributed by atoms with E-state index in [2.05, 4.69) is 9.88 Å². The van der Waals surface area contributed by atoms with Crippen LogP contribution in [0.4, 0.5) is 18.0 Å². The predicted octanol–water partition coefficient (Wildman–Crippen LogP) is 3.86. The van der Waals surface area contributed by atoms with Gasteiger partial charge in [0.25, 0.3) is 0 Å². The lowest BCUT2D eigenvalue weighted by Gasteiger charge is -2.47. The molecule has 246 valence electrons. The van der Waals surface area contributed by atoms with Crippen molar-refractivity contribution in [2.45, 2.75) is 56.4 Å². The van der Waals surface area contributed by atoms with Crippen molar-refractivity contribution in [2.75, 3.05) is 63.9 Å². The number of aromatic amines is 1. The van der Waals surface area contributed by atoms with Gasteiger partial charge < -0.3 is 39.7 Å². The first kappa shape index (κ1) is 34.3. The van der Waals surface area contributed by atoms with Gasteiger partial charge in [-0.05, 0) is 44.0 Å². The number of thiazole rings is 1. The van der Waals surface area contributed by atoms with Crippen molar-refractivity contribution < 1.29 is 42.8 Å². The molecule has 4 N–H and O–H groups in total. The highest BCUT2D eigenvalue weighted by atomic mass is 32.2. The lowest BCUT2D eigenvalue weighted by Crippen LogP contribution is -2.59. The number of carbonyl (C=O) groups is 2. The number of carboxylic acid groups (broad SMARTS) is 1. The minimum Gasteiger partial charge on any atom is -0.506 e. The lowest BCUT2D eigenvalue weighted by molar-refractivity contribution is -0.200. The standard InChI is InChI=1S/C28H39F3N4O7S2/c29-28(30,31)24(38)35-12-14-42-27(18-35)7-10-33(11-8-27)9-3-1-2-4-15-43-16-13-34(26(40)41)17-21(37)19-5-6-20(36)22-23(19)44-25(39)32-22/h5-6,21,36-37H,1-4,7-18H2,(H,32,39)(H,40,41). The predicted molar refractivity (Wildman–Crippen MR) is 161 cm³/mol. The van der Waals surface area contributed by atoms with E-state index in [1.807, 2.05) is 0 Å². The second kappa shape index (κ2) is 15.2. The monoisotopic (exact) mass is 664 g/mol. The number of thioether (sulfide) groups is 1. The number of aromatic hydroxyl groups is 1. The summed E-state index contributed by atoms with van der Waals surface area (Å²) in [6, 6.07) is 2.85. The number of unbranched alkanes of at least 4 members (excludes halogenated alkanes) is 3. The number of halogens is 3. The summed E-state index contributed by atoms with van der Waals surface area (Å²) in [4.78, 5) is 41.6. The lowest BCUT2D eigenvalue weighted by atomic mass is 9.89. The number of ether oxygens (including phenoxy) is 1. The number of benzene rings is 1. The molecule has 1 unspecified atom stereocenters. The Bertz CT molecular complexity index is 1330. The fraction of sp³-hybridized carbons (Fsp3) is 0.679. The molecule has 0 aliphatic carbocycles. The van der Waals surface area contributed by atoms with Crippen LogP contribution in [0.25, 0.3) is 10.2 Å². The quantitative estimate of drug-likeness (QED) is 0.235. The Hall–Kier alpha value is -2.53. The number of piperidine rings is 1. The number of aromatic nitrogens is 1. The van der Waals surface area contributed by atoms with E-state index < -0.39 is 29.9 Å². The molecular formula is C28H39F3N4O7S2. The molecule has 3 heterocycles. The third-order valence-electron chi connectivity index (χ3n) is 8.17. The van der Waals surface area contributed by atoms with Gasteiger partial charge in [0, 0.05) is 37.5 Å². The van der Waals surface area contributed by atoms with Crippen molar-refractivity contribution in [3.05, 3.63) is 27.4 Å². The zero-order chi connectivity index (χ0) is 31.9. The average Bonchev–Trinajstić information content (AvgIpc) is 3.38. The zero-order valence-corrected chi connectivity index (χ0v) is 25.9. The van der Waals surface area contributed by atoms with Gasteiger partial charge in [-0.15, -0.1) is 0 Å². The maximum atomic E-state index is 12.9. The van der Waals surface area contributed by atoms with E-state index >= 15 is 0 Å². The Labute approximate surface area is 261 Å². The molecule has 2 fully saturated rings. The van der Waals surface area contributed by atoms with Gasteiger partial charge in [0.15, 0.2) is 0 Å². The van der Waals surface area contributed by atoms with Crippen LogP contribution in [0.5, 0.6) is 5.75 Å². The summed E-state index contributed by atoms with van der Waals surface area (Å²) in [5.41, 5.74) is -0.0788. The van der Waals surface area contributed by atoms with Crippen LogP contribution in [0.1, 0.15) is 50.2 Å². The van der Waals surface area contributed by atoms with Crippen molar-refractivity contribution in [1.29, 1.82) is 0 Å². The summed E-state index contributed by atoms with van der Waals surface area (Å²) in [5, 5.41) is 30.3. The molecule has 2 saturated heterocycles. The molecule has 4 rings (SSSR count). The van der Waals surface area contributed by atoms with Gasteiger partial charge in [0.1, 0.15) is 11.3 Å². The number of rotatable bonds is 13. The van der Waals surface area contributed by atoms with Gasteiger partial charge in [-0.1, -0.05) is 30.2 Å². The molecule has 2 aliphatic rings. The highest BCUT2D eigenvalue weighted by molar-refractivity contribution is 7.99. The molecule has 11 nitrogen and oxygen atoms in total. The first-order valence-electron chi connectivity index (χ1n) is 14.7. The summed E-state index contributed by atoms with van der Waals surface area (Å²) in [6.07, 6.45) is -1.91. The number of alkyl halides is 3. The number of phenolic OH excluding ortho intramolecular Hbond substituents is 1. The number of phenols is 1. The van der Waals surface area contributed by atoms with Gasteiger partial charge in [-0.3, -0.25) is 9.59 Å². The van der Waals surface area contributed by atoms with Crippen LogP contribution in [-0.4, -0.2) is 123 Å². The average molecular weight is 665 g/mol. The van der Waals surface area contributed by atoms with E-state index in [-0.39, 0.29) is 48.9 Å². The summed E-state index contributed by atoms with van der Waals surface area (Å²) < 4.78 is 44.8. The molecule has 1 atom stereocenters. The fourth-order valence-corrected chi connectivity index (χ4v) is 7.61. The number of aliphatic hydroxyl groups is 1. The van der Waals surface area contributed by atoms with Crippen LogP contribution < -0.4 is 4.87 Å². The first-order valence-corrected chi connectivity index (χ1v) is 16.7. The number of nitrogens with one attached hydrogen (secondary N) is 1. The van der Waals surface area contributed by atoms with Gasteiger partial charge >= 0.3 is 23.0 Å². The van der Waals surface area contributed by atoms with Crippen molar-refractivity contribution >= 4 is 45.3 Å². The molecule has 2 amide bonds. The maximum Gasteiger partial charge on any atom is 0.471 e. The van der Waals surface area contributed by atoms with E-state index in [0.717, 1.165) is 72.2 Å². The molecule has 0 radical (unpaired) electrons. The molecule has 16 heteroatoms. The largest absolute Gasteiger partial charge is 0.506 e. The van der Waals surface area contributed by atoms with E-state index in [9.17, 15) is 42.9 Å².